The maximum Gasteiger partial charge on any atom is 0.255 e. The van der Waals surface area contributed by atoms with Crippen LogP contribution in [0.4, 0.5) is 0 Å². The number of nitrogens with two attached hydrogens (primary N) is 1. The van der Waals surface area contributed by atoms with Gasteiger partial charge in [-0.15, -0.1) is 0 Å². The van der Waals surface area contributed by atoms with Crippen LogP contribution in [0.1, 0.15) is 53.2 Å². The molecule has 2 aliphatic rings. The van der Waals surface area contributed by atoms with Crippen molar-refractivity contribution in [1.29, 1.82) is 0 Å². The maximum atomic E-state index is 12.8. The van der Waals surface area contributed by atoms with Gasteiger partial charge in [0.25, 0.3) is 5.91 Å². The van der Waals surface area contributed by atoms with Gasteiger partial charge in [0.05, 0.1) is 23.1 Å². The van der Waals surface area contributed by atoms with Gasteiger partial charge in [0.15, 0.2) is 0 Å². The fourth-order valence-electron chi connectivity index (χ4n) is 3.32. The van der Waals surface area contributed by atoms with Gasteiger partial charge in [-0.25, -0.2) is 4.68 Å². The first-order valence-corrected chi connectivity index (χ1v) is 9.31. The van der Waals surface area contributed by atoms with Gasteiger partial charge in [0, 0.05) is 23.5 Å². The predicted molar refractivity (Wildman–Crippen MR) is 98.3 cm³/mol. The number of benzene rings is 1. The van der Waals surface area contributed by atoms with Crippen molar-refractivity contribution in [3.63, 3.8) is 0 Å². The van der Waals surface area contributed by atoms with Crippen molar-refractivity contribution >= 4 is 17.5 Å². The van der Waals surface area contributed by atoms with Gasteiger partial charge >= 0.3 is 0 Å². The lowest BCUT2D eigenvalue weighted by Gasteiger charge is -2.16. The summed E-state index contributed by atoms with van der Waals surface area (Å²) in [5, 5.41) is 8.32. The van der Waals surface area contributed by atoms with Gasteiger partial charge in [-0.2, -0.15) is 5.10 Å². The van der Waals surface area contributed by atoms with E-state index in [9.17, 15) is 4.79 Å². The van der Waals surface area contributed by atoms with Crippen molar-refractivity contribution in [2.24, 2.45) is 11.7 Å². The lowest BCUT2D eigenvalue weighted by atomic mass is 10.1. The summed E-state index contributed by atoms with van der Waals surface area (Å²) in [6.07, 6.45) is 6.16. The topological polar surface area (TPSA) is 72.9 Å². The molecule has 0 radical (unpaired) electrons. The zero-order valence-electron chi connectivity index (χ0n) is 14.3. The molecule has 2 fully saturated rings. The monoisotopic (exact) mass is 358 g/mol. The molecule has 0 bridgehead atoms. The fraction of sp³-hybridized carbons (Fsp3) is 0.474. The maximum absolute atomic E-state index is 12.8. The fourth-order valence-corrected chi connectivity index (χ4v) is 3.49. The summed E-state index contributed by atoms with van der Waals surface area (Å²) in [6, 6.07) is 5.95. The summed E-state index contributed by atoms with van der Waals surface area (Å²) in [5.74, 6) is 0.860. The Labute approximate surface area is 152 Å². The normalized spacial score (nSPS) is 18.2. The van der Waals surface area contributed by atoms with Crippen LogP contribution in [-0.4, -0.2) is 28.3 Å². The highest BCUT2D eigenvalue weighted by atomic mass is 35.5. The van der Waals surface area contributed by atoms with Crippen LogP contribution >= 0.6 is 11.6 Å². The van der Waals surface area contributed by atoms with Gasteiger partial charge < -0.3 is 11.1 Å². The minimum Gasteiger partial charge on any atom is -0.348 e. The standard InChI is InChI=1S/C19H23ClN4O/c1-11-2-7-14(8-16(11)20)24-18(13-5-6-13)15(10-22-24)19(25)23-17(9-21)12-3-4-12/h2,7-8,10,12-13,17H,3-6,9,21H2,1H3,(H,23,25). The van der Waals surface area contributed by atoms with E-state index in [2.05, 4.69) is 10.4 Å². The molecule has 2 aromatic rings. The number of nitrogens with zero attached hydrogens (tertiary/aromatic N) is 2. The predicted octanol–water partition coefficient (Wildman–Crippen LogP) is 3.18. The van der Waals surface area contributed by atoms with Crippen LogP contribution in [0.5, 0.6) is 0 Å². The Morgan fingerprint density at radius 3 is 2.76 bits per heavy atom. The molecule has 0 spiro atoms. The third kappa shape index (κ3) is 3.31. The van der Waals surface area contributed by atoms with Crippen molar-refractivity contribution in [3.05, 3.63) is 46.2 Å². The smallest absolute Gasteiger partial charge is 0.255 e. The largest absolute Gasteiger partial charge is 0.348 e. The van der Waals surface area contributed by atoms with Crippen molar-refractivity contribution < 1.29 is 4.79 Å². The number of carbonyl (C=O) groups excluding carboxylic acids is 1. The number of aromatic nitrogens is 2. The van der Waals surface area contributed by atoms with Crippen LogP contribution < -0.4 is 11.1 Å². The number of amides is 1. The Kier molecular flexibility index (Phi) is 4.29. The number of carbonyl (C=O) groups is 1. The molecule has 1 aromatic heterocycles. The van der Waals surface area contributed by atoms with E-state index in [1.54, 1.807) is 6.20 Å². The molecule has 1 atom stereocenters. The molecule has 1 amide bonds. The molecular formula is C19H23ClN4O. The second-order valence-electron chi connectivity index (χ2n) is 7.22. The Hall–Kier alpha value is -1.85. The average molecular weight is 359 g/mol. The molecule has 5 nitrogen and oxygen atoms in total. The van der Waals surface area contributed by atoms with Crippen LogP contribution in [0.2, 0.25) is 5.02 Å². The lowest BCUT2D eigenvalue weighted by molar-refractivity contribution is 0.0932. The number of hydrogen-bond acceptors (Lipinski definition) is 3. The molecule has 25 heavy (non-hydrogen) atoms. The number of aryl methyl sites for hydroxylation is 1. The Bertz CT molecular complexity index is 808. The van der Waals surface area contributed by atoms with Crippen molar-refractivity contribution in [1.82, 2.24) is 15.1 Å². The molecule has 0 aliphatic heterocycles. The molecule has 2 aliphatic carbocycles. The van der Waals surface area contributed by atoms with Crippen molar-refractivity contribution in [3.8, 4) is 5.69 Å². The van der Waals surface area contributed by atoms with Gasteiger partial charge in [-0.05, 0) is 56.2 Å². The first-order valence-electron chi connectivity index (χ1n) is 8.94. The van der Waals surface area contributed by atoms with Gasteiger partial charge in [-0.1, -0.05) is 17.7 Å². The van der Waals surface area contributed by atoms with E-state index in [0.29, 0.717) is 29.0 Å². The van der Waals surface area contributed by atoms with Crippen molar-refractivity contribution in [2.75, 3.05) is 6.54 Å². The Morgan fingerprint density at radius 2 is 2.16 bits per heavy atom. The van der Waals surface area contributed by atoms with Crippen LogP contribution in [0.3, 0.4) is 0 Å². The van der Waals surface area contributed by atoms with Crippen LogP contribution in [0.15, 0.2) is 24.4 Å². The minimum absolute atomic E-state index is 0.0614. The number of halogens is 1. The molecule has 1 heterocycles. The second-order valence-corrected chi connectivity index (χ2v) is 7.62. The third-order valence-corrected chi connectivity index (χ3v) is 5.58. The first-order chi connectivity index (χ1) is 12.1. The molecule has 1 aromatic carbocycles. The van der Waals surface area contributed by atoms with Gasteiger partial charge in [-0.3, -0.25) is 4.79 Å². The molecule has 6 heteroatoms. The summed E-state index contributed by atoms with van der Waals surface area (Å²) in [5.41, 5.74) is 9.41. The number of rotatable bonds is 6. The van der Waals surface area contributed by atoms with Crippen LogP contribution in [-0.2, 0) is 0 Å². The van der Waals surface area contributed by atoms with E-state index < -0.39 is 0 Å². The minimum atomic E-state index is -0.0614. The number of hydrogen-bond donors (Lipinski definition) is 2. The number of nitrogens with one attached hydrogen (secondary N) is 1. The summed E-state index contributed by atoms with van der Waals surface area (Å²) < 4.78 is 1.87. The Balaban J connectivity index is 1.66. The first kappa shape index (κ1) is 16.6. The molecule has 2 saturated carbocycles. The summed E-state index contributed by atoms with van der Waals surface area (Å²) in [7, 11) is 0. The summed E-state index contributed by atoms with van der Waals surface area (Å²) in [4.78, 5) is 12.8. The summed E-state index contributed by atoms with van der Waals surface area (Å²) in [6.45, 7) is 2.46. The van der Waals surface area contributed by atoms with E-state index in [1.165, 1.54) is 0 Å². The quantitative estimate of drug-likeness (QED) is 0.832. The molecule has 1 unspecified atom stereocenters. The average Bonchev–Trinajstić information content (AvgIpc) is 3.53. The molecule has 0 saturated heterocycles. The SMILES string of the molecule is Cc1ccc(-n2ncc(C(=O)NC(CN)C3CC3)c2C2CC2)cc1Cl. The van der Waals surface area contributed by atoms with E-state index >= 15 is 0 Å². The second kappa shape index (κ2) is 6.46. The van der Waals surface area contributed by atoms with Gasteiger partial charge in [0.1, 0.15) is 0 Å². The molecular weight excluding hydrogens is 336 g/mol. The lowest BCUT2D eigenvalue weighted by Crippen LogP contribution is -2.41. The van der Waals surface area contributed by atoms with Gasteiger partial charge in [0.2, 0.25) is 0 Å². The third-order valence-electron chi connectivity index (χ3n) is 5.18. The van der Waals surface area contributed by atoms with E-state index in [1.807, 2.05) is 29.8 Å². The van der Waals surface area contributed by atoms with E-state index in [4.69, 9.17) is 17.3 Å². The Morgan fingerprint density at radius 1 is 1.40 bits per heavy atom. The van der Waals surface area contributed by atoms with E-state index in [-0.39, 0.29) is 11.9 Å². The highest BCUT2D eigenvalue weighted by molar-refractivity contribution is 6.31. The zero-order valence-corrected chi connectivity index (χ0v) is 15.1. The molecule has 3 N–H and O–H groups in total. The zero-order chi connectivity index (χ0) is 17.6. The summed E-state index contributed by atoms with van der Waals surface area (Å²) >= 11 is 6.28. The van der Waals surface area contributed by atoms with Crippen LogP contribution in [0, 0.1) is 12.8 Å². The molecule has 132 valence electrons. The van der Waals surface area contributed by atoms with E-state index in [0.717, 1.165) is 42.6 Å². The van der Waals surface area contributed by atoms with Crippen LogP contribution in [0.25, 0.3) is 5.69 Å². The highest BCUT2D eigenvalue weighted by Gasteiger charge is 2.35. The highest BCUT2D eigenvalue weighted by Crippen LogP contribution is 2.43. The molecule has 4 rings (SSSR count). The van der Waals surface area contributed by atoms with Crippen molar-refractivity contribution in [2.45, 2.75) is 44.6 Å².